The molecule has 4 N–H and O–H groups in total. The Morgan fingerprint density at radius 2 is 1.04 bits per heavy atom. The molecule has 4 rings (SSSR count). The lowest BCUT2D eigenvalue weighted by Crippen LogP contribution is -2.40. The number of hydrogen-bond acceptors (Lipinski definition) is 8. The molecule has 318 valence electrons. The minimum Gasteiger partial charge on any atom is -0.469 e. The molecule has 0 heterocycles. The van der Waals surface area contributed by atoms with Gasteiger partial charge in [-0.1, -0.05) is 101 Å². The first-order chi connectivity index (χ1) is 27.0. The first kappa shape index (κ1) is 46.4. The molecule has 0 aromatic heterocycles. The smallest absolute Gasteiger partial charge is 0.305 e. The van der Waals surface area contributed by atoms with Gasteiger partial charge in [0, 0.05) is 24.7 Å². The van der Waals surface area contributed by atoms with Crippen LogP contribution in [0, 0.1) is 46.3 Å². The molecule has 0 saturated heterocycles. The number of hydrogen-bond donors (Lipinski definition) is 4. The van der Waals surface area contributed by atoms with E-state index in [0.29, 0.717) is 25.7 Å². The normalized spacial score (nSPS) is 30.9. The fourth-order valence-corrected chi connectivity index (χ4v) is 10.8. The van der Waals surface area contributed by atoms with E-state index < -0.39 is 24.4 Å². The first-order valence-electron chi connectivity index (χ1n) is 22.6. The van der Waals surface area contributed by atoms with Crippen molar-refractivity contribution in [2.75, 3.05) is 14.2 Å². The molecule has 0 aliphatic heterocycles. The van der Waals surface area contributed by atoms with Crippen molar-refractivity contribution in [3.8, 4) is 0 Å². The molecule has 0 spiro atoms. The number of carbonyl (C=O) groups is 2. The highest BCUT2D eigenvalue weighted by Crippen LogP contribution is 2.55. The zero-order chi connectivity index (χ0) is 40.6. The molecule has 2 unspecified atom stereocenters. The van der Waals surface area contributed by atoms with Crippen LogP contribution in [0.3, 0.4) is 0 Å². The molecule has 0 aromatic carbocycles. The molecule has 4 aliphatic rings. The number of aliphatic hydroxyl groups excluding tert-OH is 4. The molecule has 10 atom stereocenters. The van der Waals surface area contributed by atoms with Gasteiger partial charge in [0.25, 0.3) is 0 Å². The second-order valence-corrected chi connectivity index (χ2v) is 18.1. The Bertz CT molecular complexity index is 1200. The van der Waals surface area contributed by atoms with Crippen LogP contribution in [0.15, 0.2) is 48.6 Å². The maximum atomic E-state index is 11.8. The van der Waals surface area contributed by atoms with Crippen LogP contribution in [0.5, 0.6) is 0 Å². The van der Waals surface area contributed by atoms with E-state index in [-0.39, 0.29) is 58.3 Å². The summed E-state index contributed by atoms with van der Waals surface area (Å²) in [5.41, 5.74) is -0.0971. The van der Waals surface area contributed by atoms with Gasteiger partial charge in [-0.15, -0.1) is 0 Å². The van der Waals surface area contributed by atoms with Crippen LogP contribution in [-0.4, -0.2) is 71.0 Å². The third-order valence-corrected chi connectivity index (χ3v) is 14.7. The molecule has 0 aromatic rings. The lowest BCUT2D eigenvalue weighted by atomic mass is 9.62. The SMILES string of the molecule is CCCCC1([C@H](O)/C=C/[C@H]2[C@H](O)CC(C3C[C@@H](O)[C@H](/C=C/[C@@H](O)C4(CCCC)CCC4)[C@H]3C/C=C\CCCC(=O)OC)[C@@H]2C/C=C\CCCC(=O)OC)CCC1. The van der Waals surface area contributed by atoms with Crippen molar-refractivity contribution in [3.05, 3.63) is 48.6 Å². The van der Waals surface area contributed by atoms with Gasteiger partial charge in [0.15, 0.2) is 0 Å². The summed E-state index contributed by atoms with van der Waals surface area (Å²) in [6, 6.07) is 0. The minimum atomic E-state index is -0.547. The lowest BCUT2D eigenvalue weighted by Gasteiger charge is -2.45. The molecule has 0 radical (unpaired) electrons. The first-order valence-corrected chi connectivity index (χ1v) is 22.6. The van der Waals surface area contributed by atoms with Crippen molar-refractivity contribution in [1.82, 2.24) is 0 Å². The summed E-state index contributed by atoms with van der Waals surface area (Å²) in [6.45, 7) is 4.40. The number of methoxy groups -OCH3 is 2. The topological polar surface area (TPSA) is 134 Å². The molecule has 4 saturated carbocycles. The maximum Gasteiger partial charge on any atom is 0.305 e. The summed E-state index contributed by atoms with van der Waals surface area (Å²) in [5.74, 6) is -0.0546. The Morgan fingerprint density at radius 3 is 1.36 bits per heavy atom. The molecule has 0 amide bonds. The Morgan fingerprint density at radius 1 is 0.643 bits per heavy atom. The second-order valence-electron chi connectivity index (χ2n) is 18.1. The van der Waals surface area contributed by atoms with Gasteiger partial charge in [0.2, 0.25) is 0 Å². The lowest BCUT2D eigenvalue weighted by molar-refractivity contribution is -0.141. The van der Waals surface area contributed by atoms with Gasteiger partial charge in [-0.2, -0.15) is 0 Å². The van der Waals surface area contributed by atoms with Crippen molar-refractivity contribution in [2.45, 2.75) is 180 Å². The predicted molar refractivity (Wildman–Crippen MR) is 223 cm³/mol. The van der Waals surface area contributed by atoms with Crippen LogP contribution in [-0.2, 0) is 19.1 Å². The summed E-state index contributed by atoms with van der Waals surface area (Å²) >= 11 is 0. The fraction of sp³-hybridized carbons (Fsp3) is 0.792. The van der Waals surface area contributed by atoms with Crippen molar-refractivity contribution < 1.29 is 39.5 Å². The van der Waals surface area contributed by atoms with E-state index >= 15 is 0 Å². The third kappa shape index (κ3) is 12.4. The van der Waals surface area contributed by atoms with E-state index in [2.05, 4.69) is 50.3 Å². The van der Waals surface area contributed by atoms with Gasteiger partial charge < -0.3 is 29.9 Å². The number of allylic oxidation sites excluding steroid dienone is 4. The Hall–Kier alpha value is -2.26. The van der Waals surface area contributed by atoms with Crippen LogP contribution in [0.2, 0.25) is 0 Å². The molecule has 4 fully saturated rings. The molecule has 8 nitrogen and oxygen atoms in total. The van der Waals surface area contributed by atoms with Crippen LogP contribution in [0.1, 0.15) is 155 Å². The van der Waals surface area contributed by atoms with Crippen molar-refractivity contribution in [3.63, 3.8) is 0 Å². The number of esters is 2. The summed E-state index contributed by atoms with van der Waals surface area (Å²) in [6.07, 6.45) is 34.4. The van der Waals surface area contributed by atoms with Gasteiger partial charge >= 0.3 is 11.9 Å². The molecule has 0 bridgehead atoms. The number of carbonyl (C=O) groups excluding carboxylic acids is 2. The van der Waals surface area contributed by atoms with Crippen molar-refractivity contribution in [1.29, 1.82) is 0 Å². The van der Waals surface area contributed by atoms with Crippen LogP contribution in [0.4, 0.5) is 0 Å². The summed E-state index contributed by atoms with van der Waals surface area (Å²) in [5, 5.41) is 46.7. The Kier molecular flexibility index (Phi) is 19.4. The van der Waals surface area contributed by atoms with Gasteiger partial charge in [-0.3, -0.25) is 9.59 Å². The molecule has 56 heavy (non-hydrogen) atoms. The van der Waals surface area contributed by atoms with Crippen LogP contribution < -0.4 is 0 Å². The van der Waals surface area contributed by atoms with E-state index in [1.807, 2.05) is 12.2 Å². The van der Waals surface area contributed by atoms with Crippen molar-refractivity contribution >= 4 is 11.9 Å². The number of unbranched alkanes of at least 4 members (excludes halogenated alkanes) is 4. The van der Waals surface area contributed by atoms with E-state index in [9.17, 15) is 30.0 Å². The zero-order valence-corrected chi connectivity index (χ0v) is 35.4. The molecule has 4 aliphatic carbocycles. The highest BCUT2D eigenvalue weighted by atomic mass is 16.5. The summed E-state index contributed by atoms with van der Waals surface area (Å²) in [7, 11) is 2.83. The monoisotopic (exact) mass is 783 g/mol. The maximum absolute atomic E-state index is 11.8. The van der Waals surface area contributed by atoms with E-state index in [4.69, 9.17) is 9.47 Å². The fourth-order valence-electron chi connectivity index (χ4n) is 10.8. The van der Waals surface area contributed by atoms with Crippen LogP contribution >= 0.6 is 0 Å². The van der Waals surface area contributed by atoms with Gasteiger partial charge in [-0.05, 0) is 124 Å². The van der Waals surface area contributed by atoms with Gasteiger partial charge in [0.05, 0.1) is 38.6 Å². The highest BCUT2D eigenvalue weighted by Gasteiger charge is 2.52. The molecular weight excluding hydrogens is 705 g/mol. The van der Waals surface area contributed by atoms with E-state index in [1.165, 1.54) is 14.2 Å². The summed E-state index contributed by atoms with van der Waals surface area (Å²) in [4.78, 5) is 23.4. The second kappa shape index (κ2) is 23.4. The highest BCUT2D eigenvalue weighted by molar-refractivity contribution is 5.69. The Labute approximate surface area is 339 Å². The Balaban J connectivity index is 1.59. The van der Waals surface area contributed by atoms with Crippen LogP contribution in [0.25, 0.3) is 0 Å². The summed E-state index contributed by atoms with van der Waals surface area (Å²) < 4.78 is 9.63. The number of rotatable bonds is 25. The number of ether oxygens (including phenoxy) is 2. The molecular formula is C48H78O8. The third-order valence-electron chi connectivity index (χ3n) is 14.7. The quantitative estimate of drug-likeness (QED) is 0.0409. The van der Waals surface area contributed by atoms with E-state index in [0.717, 1.165) is 116 Å². The van der Waals surface area contributed by atoms with Gasteiger partial charge in [-0.25, -0.2) is 0 Å². The average molecular weight is 783 g/mol. The largest absolute Gasteiger partial charge is 0.469 e. The zero-order valence-electron chi connectivity index (χ0n) is 35.4. The number of aliphatic hydroxyl groups is 4. The van der Waals surface area contributed by atoms with Crippen molar-refractivity contribution in [2.24, 2.45) is 46.3 Å². The average Bonchev–Trinajstić information content (AvgIpc) is 3.64. The van der Waals surface area contributed by atoms with E-state index in [1.54, 1.807) is 0 Å². The predicted octanol–water partition coefficient (Wildman–Crippen LogP) is 9.35. The minimum absolute atomic E-state index is 0.0485. The van der Waals surface area contributed by atoms with Gasteiger partial charge in [0.1, 0.15) is 0 Å². The standard InChI is InChI=1S/C48H78O8/c1-5-7-27-47(29-17-30-47)43(51)25-23-37-35(19-13-9-11-15-21-45(53)55-3)39(33-41(37)49)40-34-42(50)38(36(40)20-14-10-12-16-22-46(54)56-4)24-26-44(52)48(28-8-6-2)31-18-32-48/h9-10,13-14,23-26,35-44,49-52H,5-8,11-12,15-22,27-34H2,1-4H3/b13-9-,14-10-,25-23+,26-24+/t35-,36-,37-,38-,39?,40?,41-,42-,43-,44-/m1/s1. The molecule has 8 heteroatoms.